The lowest BCUT2D eigenvalue weighted by Crippen LogP contribution is -2.51. The van der Waals surface area contributed by atoms with Crippen molar-refractivity contribution in [2.45, 2.75) is 236 Å². The molecule has 710 valence electrons. The van der Waals surface area contributed by atoms with Crippen LogP contribution in [-0.2, 0) is 33.3 Å². The molecule has 6 N–H and O–H groups in total. The molecule has 0 spiro atoms. The van der Waals surface area contributed by atoms with Gasteiger partial charge in [-0.15, -0.1) is 68.0 Å². The number of aromatic nitrogens is 8. The number of aliphatic imine (C=N–C) groups is 1. The maximum Gasteiger partial charge on any atom is 0.410 e. The molecule has 6 aliphatic rings. The second-order valence-electron chi connectivity index (χ2n) is 37.2. The highest BCUT2D eigenvalue weighted by atomic mass is 127. The van der Waals surface area contributed by atoms with Crippen molar-refractivity contribution < 1.29 is 57.2 Å². The normalized spacial score (nSPS) is 18.4. The lowest BCUT2D eigenvalue weighted by molar-refractivity contribution is -0.136. The standard InChI is InChI=1S/C40H48N8O6S2.C37H43N5O4S2.C18H20IN3O2S2.3CH4/c1-21(2)33(45-39(51)53-5)37(49)47-15-7-9-27(47)35-41-19-25(43-35)23-11-13-24(14-12-23)29-17-31-32(55-29)18-30(56-31)26-20-42-36(44-26)28-10-8-16-48(28)38(50)34(22(3)4)46-40(52)54-6;1-36(2,3)45-34(43)41-15-7-9-27(41)25-17-24(20-38-25)22-11-13-23(14-12-22)29-18-31-32(47-29)19-30(48-31)26-21-39-33(40-26)28-10-8-16-42(28)35(44)46-37(4,5)6;1-18(2,3)24-17(23)22-6-4-5-11(22)16-20-9-10(21-16)12-7-13-14(25-12)8-15(19)26-13;;;/h11-14,17-22,27-28,33-34H,7-10,15-16H2,1-6H3,(H,41,43)(H,42,44)(H,45,51)(H,46,52);11-14,17-19,21,27-28H,7-10,15-16,20H2,1-6H3,(H,39,40);7-9,11H,4-6H2,1-3H3,(H,20,21);3*1H4/t27-,28-,33-,34-;27-,28-;11-;;;/m000.../s1. The molecule has 18 rings (SSSR count). The number of nitrogens with zero attached hydrogens (tertiary/aromatic N) is 10. The van der Waals surface area contributed by atoms with E-state index in [9.17, 15) is 33.6 Å². The number of nitrogens with one attached hydrogen (secondary N) is 6. The Kier molecular flexibility index (Phi) is 31.5. The van der Waals surface area contributed by atoms with Gasteiger partial charge in [0.1, 0.15) is 52.2 Å². The molecule has 5 fully saturated rings. The molecule has 2 aromatic carbocycles. The van der Waals surface area contributed by atoms with Crippen LogP contribution in [0.5, 0.6) is 0 Å². The van der Waals surface area contributed by atoms with Gasteiger partial charge in [0.05, 0.1) is 122 Å². The molecule has 10 aromatic heterocycles. The molecule has 0 saturated carbocycles. The van der Waals surface area contributed by atoms with Crippen LogP contribution in [-0.4, -0.2) is 201 Å². The van der Waals surface area contributed by atoms with E-state index in [1.165, 1.54) is 71.1 Å². The molecule has 16 heterocycles. The van der Waals surface area contributed by atoms with E-state index in [-0.39, 0.29) is 94.4 Å². The van der Waals surface area contributed by atoms with Crippen LogP contribution in [0.25, 0.3) is 97.6 Å². The number of imidazole rings is 4. The van der Waals surface area contributed by atoms with Gasteiger partial charge in [-0.3, -0.25) is 29.3 Å². The number of amides is 7. The Morgan fingerprint density at radius 3 is 1.05 bits per heavy atom. The fraction of sp³-hybridized carbons (Fsp3) is 0.469. The van der Waals surface area contributed by atoms with Crippen LogP contribution in [0.2, 0.25) is 0 Å². The maximum absolute atomic E-state index is 13.6. The van der Waals surface area contributed by atoms with E-state index in [4.69, 9.17) is 33.7 Å². The van der Waals surface area contributed by atoms with Gasteiger partial charge in [0, 0.05) is 70.7 Å². The number of thiophene rings is 6. The zero-order chi connectivity index (χ0) is 91.9. The number of H-pyrrole nitrogens is 4. The van der Waals surface area contributed by atoms with E-state index in [2.05, 4.69) is 159 Å². The Morgan fingerprint density at radius 1 is 0.398 bits per heavy atom. The molecule has 35 heteroatoms. The van der Waals surface area contributed by atoms with Crippen LogP contribution in [0.4, 0.5) is 24.0 Å². The molecular weight excluding hydrogens is 1910 g/mol. The summed E-state index contributed by atoms with van der Waals surface area (Å²) in [4.78, 5) is 141. The second kappa shape index (κ2) is 41.9. The number of methoxy groups -OCH3 is 2. The number of hydrogen-bond donors (Lipinski definition) is 6. The number of alkyl carbamates (subject to hydrolysis) is 2. The van der Waals surface area contributed by atoms with Gasteiger partial charge < -0.3 is 64.1 Å². The summed E-state index contributed by atoms with van der Waals surface area (Å²) in [5.41, 5.74) is 8.83. The van der Waals surface area contributed by atoms with Gasteiger partial charge in [-0.1, -0.05) is 98.5 Å². The number of benzene rings is 2. The molecule has 0 radical (unpaired) electrons. The van der Waals surface area contributed by atoms with Crippen molar-refractivity contribution in [3.05, 3.63) is 148 Å². The summed E-state index contributed by atoms with van der Waals surface area (Å²) in [6, 6.07) is 28.5. The molecular formula is C98H123IN16O12S6. The fourth-order valence-electron chi connectivity index (χ4n) is 17.4. The Hall–Kier alpha value is -10.3. The van der Waals surface area contributed by atoms with Crippen molar-refractivity contribution in [3.63, 3.8) is 0 Å². The predicted octanol–water partition coefficient (Wildman–Crippen LogP) is 24.8. The summed E-state index contributed by atoms with van der Waals surface area (Å²) in [7, 11) is 2.59. The topological polar surface area (TPSA) is 333 Å². The minimum Gasteiger partial charge on any atom is -0.453 e. The van der Waals surface area contributed by atoms with E-state index in [0.717, 1.165) is 142 Å². The number of carbonyl (C=O) groups excluding carboxylic acids is 7. The van der Waals surface area contributed by atoms with Crippen LogP contribution in [0.1, 0.15) is 230 Å². The van der Waals surface area contributed by atoms with Gasteiger partial charge in [-0.05, 0) is 231 Å². The minimum atomic E-state index is -0.683. The SMILES string of the molecule is C.C.C.CC(C)(C)OC(=O)N1CCC[C@H]1C1=NCC(c2ccc(-c3cc4sc(-c5cnc([C@@H]6CCCN6C(=O)OC(C)(C)C)[nH]5)cc4s3)cc2)=C1.CC(C)(C)OC(=O)N1CCC[C@H]1c1ncc(-c2cc3sc(I)cc3s2)[nH]1.COC(=O)N[C@H](C(=O)N1CCC[C@H]1c1ncc(-c2ccc(-c3cc4sc(-c5cnc([C@@H]6CCCN6C(=O)[C@@H](NC(=O)OC)C(C)C)[nH]5)cc4s3)cc2)[nH]1)C(C)C. The molecule has 6 aliphatic heterocycles. The number of rotatable bonds is 18. The zero-order valence-electron chi connectivity index (χ0n) is 75.7. The van der Waals surface area contributed by atoms with E-state index in [0.29, 0.717) is 39.3 Å². The number of fused-ring (bicyclic) bond motifs is 3. The molecule has 133 heavy (non-hydrogen) atoms. The van der Waals surface area contributed by atoms with Crippen molar-refractivity contribution in [1.29, 1.82) is 0 Å². The third-order valence-electron chi connectivity index (χ3n) is 23.6. The fourth-order valence-corrected chi connectivity index (χ4v) is 25.4. The number of likely N-dealkylation sites (tertiary alicyclic amines) is 5. The number of halogens is 1. The number of aromatic amines is 4. The summed E-state index contributed by atoms with van der Waals surface area (Å²) in [6.07, 6.45) is 16.4. The van der Waals surface area contributed by atoms with Gasteiger partial charge in [-0.25, -0.2) is 43.9 Å². The summed E-state index contributed by atoms with van der Waals surface area (Å²) >= 11 is 12.9. The molecule has 0 aliphatic carbocycles. The van der Waals surface area contributed by atoms with Gasteiger partial charge in [0.15, 0.2) is 0 Å². The van der Waals surface area contributed by atoms with Crippen molar-refractivity contribution in [3.8, 4) is 63.9 Å². The quantitative estimate of drug-likeness (QED) is 0.0343. The van der Waals surface area contributed by atoms with Crippen molar-refractivity contribution >= 4 is 172 Å². The second-order valence-corrected chi connectivity index (χ2v) is 45.6. The van der Waals surface area contributed by atoms with Crippen molar-refractivity contribution in [2.24, 2.45) is 16.8 Å². The van der Waals surface area contributed by atoms with E-state index in [1.807, 2.05) is 129 Å². The van der Waals surface area contributed by atoms with Gasteiger partial charge in [-0.2, -0.15) is 0 Å². The average Bonchev–Trinajstić information content (AvgIpc) is 1.63. The largest absolute Gasteiger partial charge is 0.453 e. The lowest BCUT2D eigenvalue weighted by Gasteiger charge is -2.30. The Bertz CT molecular complexity index is 6100. The highest BCUT2D eigenvalue weighted by molar-refractivity contribution is 14.1. The average molecular weight is 2040 g/mol. The molecule has 12 aromatic rings. The highest BCUT2D eigenvalue weighted by Gasteiger charge is 2.43. The van der Waals surface area contributed by atoms with Gasteiger partial charge in [0.25, 0.3) is 0 Å². The first-order valence-corrected chi connectivity index (χ1v) is 50.3. The number of carbonyl (C=O) groups is 7. The molecule has 7 atom stereocenters. The monoisotopic (exact) mass is 2030 g/mol. The first-order valence-electron chi connectivity index (χ1n) is 44.3. The Balaban J connectivity index is 0.000000177. The van der Waals surface area contributed by atoms with Crippen molar-refractivity contribution in [1.82, 2.24) is 75.0 Å². The molecule has 0 unspecified atom stereocenters. The molecule has 0 bridgehead atoms. The zero-order valence-corrected chi connectivity index (χ0v) is 82.7. The van der Waals surface area contributed by atoms with Crippen LogP contribution in [0.3, 0.4) is 0 Å². The Morgan fingerprint density at radius 2 is 0.692 bits per heavy atom. The number of hydrogen-bond acceptors (Lipinski definition) is 23. The van der Waals surface area contributed by atoms with E-state index in [1.54, 1.807) is 77.8 Å². The van der Waals surface area contributed by atoms with Crippen LogP contribution < -0.4 is 10.6 Å². The van der Waals surface area contributed by atoms with Crippen LogP contribution >= 0.6 is 90.6 Å². The predicted molar refractivity (Wildman–Crippen MR) is 545 cm³/mol. The Labute approximate surface area is 815 Å². The van der Waals surface area contributed by atoms with Crippen molar-refractivity contribution in [2.75, 3.05) is 53.5 Å². The van der Waals surface area contributed by atoms with E-state index < -0.39 is 41.1 Å². The molecule has 28 nitrogen and oxygen atoms in total. The van der Waals surface area contributed by atoms with Gasteiger partial charge >= 0.3 is 30.5 Å². The third kappa shape index (κ3) is 22.9. The minimum absolute atomic E-state index is 0. The van der Waals surface area contributed by atoms with Crippen LogP contribution in [0.15, 0.2) is 121 Å². The first-order chi connectivity index (χ1) is 62.1. The molecule has 7 amide bonds. The molecule has 5 saturated heterocycles. The first kappa shape index (κ1) is 100. The summed E-state index contributed by atoms with van der Waals surface area (Å²) in [6.45, 7) is 28.6. The van der Waals surface area contributed by atoms with E-state index >= 15 is 0 Å². The summed E-state index contributed by atoms with van der Waals surface area (Å²) < 4.78 is 35.1. The van der Waals surface area contributed by atoms with Crippen LogP contribution in [0, 0.1) is 14.7 Å². The third-order valence-corrected chi connectivity index (χ3v) is 31.5. The maximum atomic E-state index is 13.6. The highest BCUT2D eigenvalue weighted by Crippen LogP contribution is 2.47. The number of ether oxygens (including phenoxy) is 5. The van der Waals surface area contributed by atoms with Gasteiger partial charge in [0.2, 0.25) is 11.8 Å². The smallest absolute Gasteiger partial charge is 0.410 e. The summed E-state index contributed by atoms with van der Waals surface area (Å²) in [5, 5.41) is 5.40. The lowest BCUT2D eigenvalue weighted by atomic mass is 10.0. The summed E-state index contributed by atoms with van der Waals surface area (Å²) in [5.74, 6) is 2.66.